The predicted molar refractivity (Wildman–Crippen MR) is 114 cm³/mol. The molecule has 0 saturated carbocycles. The molecule has 3 aromatic rings. The lowest BCUT2D eigenvalue weighted by molar-refractivity contribution is -0.116. The number of carbonyl (C=O) groups is 1. The van der Waals surface area contributed by atoms with Crippen molar-refractivity contribution in [1.29, 1.82) is 0 Å². The number of rotatable bonds is 8. The van der Waals surface area contributed by atoms with E-state index in [0.29, 0.717) is 12.2 Å². The number of sulfonamides is 1. The van der Waals surface area contributed by atoms with Gasteiger partial charge in [0.25, 0.3) is 0 Å². The molecule has 2 aromatic carbocycles. The Labute approximate surface area is 171 Å². The number of carbonyl (C=O) groups excluding carboxylic acids is 1. The molecule has 0 unspecified atom stereocenters. The van der Waals surface area contributed by atoms with Crippen LogP contribution in [0.25, 0.3) is 11.0 Å². The third-order valence-electron chi connectivity index (χ3n) is 4.82. The molecule has 1 aromatic heterocycles. The van der Waals surface area contributed by atoms with E-state index >= 15 is 0 Å². The quantitative estimate of drug-likeness (QED) is 0.612. The van der Waals surface area contributed by atoms with E-state index in [1.165, 1.54) is 16.4 Å². The van der Waals surface area contributed by atoms with Crippen LogP contribution < -0.4 is 5.32 Å². The SMILES string of the molecule is CCCCN(C)S(=O)(=O)c1ccc(NC(=O)Cn2c(C)nc3ccccc32)cc1. The number of benzene rings is 2. The molecule has 0 aliphatic heterocycles. The number of fused-ring (bicyclic) bond motifs is 1. The van der Waals surface area contributed by atoms with Crippen LogP contribution in [0.5, 0.6) is 0 Å². The third-order valence-corrected chi connectivity index (χ3v) is 6.69. The fraction of sp³-hybridized carbons (Fsp3) is 0.333. The molecule has 3 rings (SSSR count). The molecule has 1 N–H and O–H groups in total. The van der Waals surface area contributed by atoms with Crippen LogP contribution in [0.1, 0.15) is 25.6 Å². The highest BCUT2D eigenvalue weighted by Gasteiger charge is 2.20. The van der Waals surface area contributed by atoms with Crippen molar-refractivity contribution in [2.75, 3.05) is 18.9 Å². The van der Waals surface area contributed by atoms with Crippen molar-refractivity contribution >= 4 is 32.7 Å². The summed E-state index contributed by atoms with van der Waals surface area (Å²) in [5.41, 5.74) is 2.29. The van der Waals surface area contributed by atoms with Gasteiger partial charge in [0.2, 0.25) is 15.9 Å². The van der Waals surface area contributed by atoms with Gasteiger partial charge in [-0.15, -0.1) is 0 Å². The normalized spacial score (nSPS) is 11.9. The Bertz CT molecular complexity index is 1100. The maximum Gasteiger partial charge on any atom is 0.244 e. The number of hydrogen-bond acceptors (Lipinski definition) is 4. The second-order valence-corrected chi connectivity index (χ2v) is 9.03. The first-order chi connectivity index (χ1) is 13.8. The summed E-state index contributed by atoms with van der Waals surface area (Å²) in [6.45, 7) is 4.50. The first-order valence-electron chi connectivity index (χ1n) is 9.61. The second kappa shape index (κ2) is 8.75. The first kappa shape index (κ1) is 21.0. The lowest BCUT2D eigenvalue weighted by Gasteiger charge is -2.17. The zero-order valence-electron chi connectivity index (χ0n) is 16.9. The number of para-hydroxylation sites is 2. The summed E-state index contributed by atoms with van der Waals surface area (Å²) in [6, 6.07) is 13.9. The average molecular weight is 415 g/mol. The van der Waals surface area contributed by atoms with Crippen LogP contribution >= 0.6 is 0 Å². The molecular weight excluding hydrogens is 388 g/mol. The van der Waals surface area contributed by atoms with Crippen LogP contribution in [0.3, 0.4) is 0 Å². The first-order valence-corrected chi connectivity index (χ1v) is 11.0. The number of imidazole rings is 1. The summed E-state index contributed by atoms with van der Waals surface area (Å²) in [7, 11) is -1.94. The topological polar surface area (TPSA) is 84.3 Å². The Balaban J connectivity index is 1.69. The molecule has 29 heavy (non-hydrogen) atoms. The molecule has 7 nitrogen and oxygen atoms in total. The van der Waals surface area contributed by atoms with Crippen molar-refractivity contribution in [3.8, 4) is 0 Å². The van der Waals surface area contributed by atoms with Gasteiger partial charge in [-0.3, -0.25) is 4.79 Å². The molecule has 0 saturated heterocycles. The van der Waals surface area contributed by atoms with E-state index in [9.17, 15) is 13.2 Å². The van der Waals surface area contributed by atoms with E-state index in [2.05, 4.69) is 10.3 Å². The van der Waals surface area contributed by atoms with E-state index < -0.39 is 10.0 Å². The number of hydrogen-bond donors (Lipinski definition) is 1. The zero-order chi connectivity index (χ0) is 21.0. The number of aromatic nitrogens is 2. The van der Waals surface area contributed by atoms with Crippen molar-refractivity contribution in [2.45, 2.75) is 38.1 Å². The highest BCUT2D eigenvalue weighted by molar-refractivity contribution is 7.89. The molecule has 154 valence electrons. The Morgan fingerprint density at radius 2 is 1.83 bits per heavy atom. The summed E-state index contributed by atoms with van der Waals surface area (Å²) in [6.07, 6.45) is 1.74. The van der Waals surface area contributed by atoms with Gasteiger partial charge < -0.3 is 9.88 Å². The summed E-state index contributed by atoms with van der Waals surface area (Å²) in [4.78, 5) is 17.2. The number of amides is 1. The summed E-state index contributed by atoms with van der Waals surface area (Å²) >= 11 is 0. The Kier molecular flexibility index (Phi) is 6.34. The van der Waals surface area contributed by atoms with E-state index in [4.69, 9.17) is 0 Å². The molecular formula is C21H26N4O3S. The maximum absolute atomic E-state index is 12.6. The second-order valence-electron chi connectivity index (χ2n) is 6.99. The van der Waals surface area contributed by atoms with Gasteiger partial charge in [0, 0.05) is 19.3 Å². The highest BCUT2D eigenvalue weighted by atomic mass is 32.2. The molecule has 0 bridgehead atoms. The fourth-order valence-electron chi connectivity index (χ4n) is 3.13. The number of anilines is 1. The zero-order valence-corrected chi connectivity index (χ0v) is 17.7. The molecule has 0 aliphatic rings. The number of nitrogens with zero attached hydrogens (tertiary/aromatic N) is 3. The summed E-state index contributed by atoms with van der Waals surface area (Å²) in [5, 5.41) is 2.82. The van der Waals surface area contributed by atoms with E-state index in [1.807, 2.05) is 42.7 Å². The minimum Gasteiger partial charge on any atom is -0.325 e. The van der Waals surface area contributed by atoms with Crippen LogP contribution in [-0.2, 0) is 21.4 Å². The smallest absolute Gasteiger partial charge is 0.244 e. The van der Waals surface area contributed by atoms with Gasteiger partial charge in [0.1, 0.15) is 12.4 Å². The lowest BCUT2D eigenvalue weighted by Crippen LogP contribution is -2.27. The minimum absolute atomic E-state index is 0.131. The molecule has 0 aliphatic carbocycles. The minimum atomic E-state index is -3.52. The summed E-state index contributed by atoms with van der Waals surface area (Å²) < 4.78 is 28.4. The van der Waals surface area contributed by atoms with Crippen LogP contribution in [0.2, 0.25) is 0 Å². The lowest BCUT2D eigenvalue weighted by atomic mass is 10.3. The Morgan fingerprint density at radius 3 is 2.52 bits per heavy atom. The van der Waals surface area contributed by atoms with Gasteiger partial charge in [-0.25, -0.2) is 17.7 Å². The number of unbranched alkanes of at least 4 members (excludes halogenated alkanes) is 1. The monoisotopic (exact) mass is 414 g/mol. The molecule has 0 spiro atoms. The predicted octanol–water partition coefficient (Wildman–Crippen LogP) is 3.40. The van der Waals surface area contributed by atoms with E-state index in [0.717, 1.165) is 29.7 Å². The van der Waals surface area contributed by atoms with Gasteiger partial charge in [-0.1, -0.05) is 25.5 Å². The van der Waals surface area contributed by atoms with Gasteiger partial charge in [0.05, 0.1) is 15.9 Å². The average Bonchev–Trinajstić information content (AvgIpc) is 3.01. The maximum atomic E-state index is 12.6. The van der Waals surface area contributed by atoms with Crippen LogP contribution in [0.15, 0.2) is 53.4 Å². The molecule has 1 amide bonds. The van der Waals surface area contributed by atoms with Crippen LogP contribution in [0, 0.1) is 6.92 Å². The molecule has 8 heteroatoms. The Hall–Kier alpha value is -2.71. The molecule has 1 heterocycles. The number of nitrogens with one attached hydrogen (secondary N) is 1. The van der Waals surface area contributed by atoms with Gasteiger partial charge >= 0.3 is 0 Å². The van der Waals surface area contributed by atoms with Crippen molar-refractivity contribution in [3.63, 3.8) is 0 Å². The molecule has 0 atom stereocenters. The summed E-state index contributed by atoms with van der Waals surface area (Å²) in [5.74, 6) is 0.560. The van der Waals surface area contributed by atoms with Gasteiger partial charge in [0.15, 0.2) is 0 Å². The van der Waals surface area contributed by atoms with Gasteiger partial charge in [-0.2, -0.15) is 0 Å². The standard InChI is InChI=1S/C21H26N4O3S/c1-4-5-14-24(3)29(27,28)18-12-10-17(11-13-18)23-21(26)15-25-16(2)22-19-8-6-7-9-20(19)25/h6-13H,4-5,14-15H2,1-3H3,(H,23,26). The van der Waals surface area contributed by atoms with E-state index in [1.54, 1.807) is 19.2 Å². The van der Waals surface area contributed by atoms with Crippen molar-refractivity contribution in [2.24, 2.45) is 0 Å². The van der Waals surface area contributed by atoms with Crippen LogP contribution in [-0.4, -0.2) is 41.8 Å². The van der Waals surface area contributed by atoms with Crippen LogP contribution in [0.4, 0.5) is 5.69 Å². The largest absolute Gasteiger partial charge is 0.325 e. The molecule has 0 fully saturated rings. The van der Waals surface area contributed by atoms with Crippen molar-refractivity contribution in [1.82, 2.24) is 13.9 Å². The van der Waals surface area contributed by atoms with Crippen molar-refractivity contribution < 1.29 is 13.2 Å². The van der Waals surface area contributed by atoms with Gasteiger partial charge in [-0.05, 0) is 49.7 Å². The van der Waals surface area contributed by atoms with Crippen molar-refractivity contribution in [3.05, 3.63) is 54.4 Å². The number of aryl methyl sites for hydroxylation is 1. The highest BCUT2D eigenvalue weighted by Crippen LogP contribution is 2.19. The third kappa shape index (κ3) is 4.65. The van der Waals surface area contributed by atoms with E-state index in [-0.39, 0.29) is 17.3 Å². The Morgan fingerprint density at radius 1 is 1.14 bits per heavy atom. The fourth-order valence-corrected chi connectivity index (χ4v) is 4.34. The molecule has 0 radical (unpaired) electrons.